The summed E-state index contributed by atoms with van der Waals surface area (Å²) in [5.74, 6) is 0.819. The lowest BCUT2D eigenvalue weighted by Crippen LogP contribution is -2.30. The van der Waals surface area contributed by atoms with E-state index in [1.165, 1.54) is 5.56 Å². The lowest BCUT2D eigenvalue weighted by molar-refractivity contribution is -0.120. The van der Waals surface area contributed by atoms with E-state index in [9.17, 15) is 4.79 Å². The molecule has 0 aliphatic rings. The summed E-state index contributed by atoms with van der Waals surface area (Å²) in [5, 5.41) is 3.73. The summed E-state index contributed by atoms with van der Waals surface area (Å²) in [6.45, 7) is 0.625. The Labute approximate surface area is 154 Å². The summed E-state index contributed by atoms with van der Waals surface area (Å²) in [5.41, 5.74) is 2.17. The van der Waals surface area contributed by atoms with Gasteiger partial charge in [-0.3, -0.25) is 4.79 Å². The zero-order chi connectivity index (χ0) is 18.2. The van der Waals surface area contributed by atoms with E-state index in [0.29, 0.717) is 13.0 Å². The molecule has 1 atom stereocenters. The highest BCUT2D eigenvalue weighted by Gasteiger charge is 2.14. The summed E-state index contributed by atoms with van der Waals surface area (Å²) >= 11 is 5.96. The van der Waals surface area contributed by atoms with E-state index in [1.54, 1.807) is 7.11 Å². The fraction of sp³-hybridized carbons (Fsp3) is 0.350. The van der Waals surface area contributed by atoms with Gasteiger partial charge in [-0.15, -0.1) is 0 Å². The van der Waals surface area contributed by atoms with Crippen LogP contribution in [0.2, 0.25) is 5.02 Å². The monoisotopic (exact) mass is 360 g/mol. The molecule has 0 aromatic heterocycles. The SMILES string of the molecule is COc1ccc(CC(=O)NCCC(c2ccc(Cl)cc2)N(C)C)cc1. The van der Waals surface area contributed by atoms with E-state index in [0.717, 1.165) is 22.8 Å². The van der Waals surface area contributed by atoms with Crippen LogP contribution in [0.25, 0.3) is 0 Å². The molecule has 2 aromatic carbocycles. The fourth-order valence-electron chi connectivity index (χ4n) is 2.75. The van der Waals surface area contributed by atoms with Crippen molar-refractivity contribution < 1.29 is 9.53 Å². The normalized spacial score (nSPS) is 12.0. The number of amides is 1. The number of hydrogen-bond donors (Lipinski definition) is 1. The van der Waals surface area contributed by atoms with Crippen LogP contribution < -0.4 is 10.1 Å². The molecule has 5 heteroatoms. The van der Waals surface area contributed by atoms with Crippen LogP contribution in [-0.4, -0.2) is 38.6 Å². The Morgan fingerprint density at radius 2 is 1.76 bits per heavy atom. The average Bonchev–Trinajstić information content (AvgIpc) is 2.60. The van der Waals surface area contributed by atoms with E-state index in [2.05, 4.69) is 10.2 Å². The maximum Gasteiger partial charge on any atom is 0.224 e. The van der Waals surface area contributed by atoms with Crippen molar-refractivity contribution in [2.24, 2.45) is 0 Å². The predicted octanol–water partition coefficient (Wildman–Crippen LogP) is 3.70. The number of methoxy groups -OCH3 is 1. The van der Waals surface area contributed by atoms with Crippen LogP contribution in [0.1, 0.15) is 23.6 Å². The van der Waals surface area contributed by atoms with Gasteiger partial charge in [0.2, 0.25) is 5.91 Å². The van der Waals surface area contributed by atoms with Gasteiger partial charge >= 0.3 is 0 Å². The Morgan fingerprint density at radius 3 is 2.32 bits per heavy atom. The molecular formula is C20H25ClN2O2. The maximum atomic E-state index is 12.1. The molecule has 1 amide bonds. The lowest BCUT2D eigenvalue weighted by atomic mass is 10.0. The van der Waals surface area contributed by atoms with Gasteiger partial charge in [-0.2, -0.15) is 0 Å². The number of rotatable bonds is 8. The predicted molar refractivity (Wildman–Crippen MR) is 102 cm³/mol. The first kappa shape index (κ1) is 19.3. The van der Waals surface area contributed by atoms with Crippen molar-refractivity contribution in [1.29, 1.82) is 0 Å². The second-order valence-electron chi connectivity index (χ2n) is 6.19. The van der Waals surface area contributed by atoms with Crippen LogP contribution >= 0.6 is 11.6 Å². The maximum absolute atomic E-state index is 12.1. The van der Waals surface area contributed by atoms with Gasteiger partial charge in [0.25, 0.3) is 0 Å². The molecule has 25 heavy (non-hydrogen) atoms. The van der Waals surface area contributed by atoms with Gasteiger partial charge in [0, 0.05) is 17.6 Å². The highest BCUT2D eigenvalue weighted by molar-refractivity contribution is 6.30. The molecule has 0 aliphatic carbocycles. The highest BCUT2D eigenvalue weighted by Crippen LogP contribution is 2.23. The number of carbonyl (C=O) groups is 1. The Bertz CT molecular complexity index is 669. The van der Waals surface area contributed by atoms with Crippen LogP contribution in [0.5, 0.6) is 5.75 Å². The van der Waals surface area contributed by atoms with Gasteiger partial charge < -0.3 is 15.0 Å². The minimum atomic E-state index is 0.0266. The van der Waals surface area contributed by atoms with Crippen LogP contribution in [-0.2, 0) is 11.2 Å². The number of hydrogen-bond acceptors (Lipinski definition) is 3. The highest BCUT2D eigenvalue weighted by atomic mass is 35.5. The van der Waals surface area contributed by atoms with Gasteiger partial charge in [-0.05, 0) is 55.9 Å². The third kappa shape index (κ3) is 6.07. The van der Waals surface area contributed by atoms with E-state index in [4.69, 9.17) is 16.3 Å². The van der Waals surface area contributed by atoms with Gasteiger partial charge in [-0.25, -0.2) is 0 Å². The molecular weight excluding hydrogens is 336 g/mol. The van der Waals surface area contributed by atoms with Crippen molar-refractivity contribution in [3.05, 3.63) is 64.7 Å². The van der Waals surface area contributed by atoms with Gasteiger partial charge in [0.1, 0.15) is 5.75 Å². The lowest BCUT2D eigenvalue weighted by Gasteiger charge is -2.25. The van der Waals surface area contributed by atoms with Crippen molar-refractivity contribution >= 4 is 17.5 Å². The molecule has 0 spiro atoms. The summed E-state index contributed by atoms with van der Waals surface area (Å²) in [6.07, 6.45) is 1.21. The Balaban J connectivity index is 1.84. The molecule has 0 bridgehead atoms. The topological polar surface area (TPSA) is 41.6 Å². The van der Waals surface area contributed by atoms with E-state index < -0.39 is 0 Å². The summed E-state index contributed by atoms with van der Waals surface area (Å²) in [7, 11) is 5.71. The molecule has 4 nitrogen and oxygen atoms in total. The standard InChI is InChI=1S/C20H25ClN2O2/c1-23(2)19(16-6-8-17(21)9-7-16)12-13-22-20(24)14-15-4-10-18(25-3)11-5-15/h4-11,19H,12-14H2,1-3H3,(H,22,24). The smallest absolute Gasteiger partial charge is 0.224 e. The molecule has 0 radical (unpaired) electrons. The molecule has 134 valence electrons. The first-order valence-electron chi connectivity index (χ1n) is 8.31. The number of nitrogens with zero attached hydrogens (tertiary/aromatic N) is 1. The molecule has 0 saturated carbocycles. The van der Waals surface area contributed by atoms with Gasteiger partial charge in [0.05, 0.1) is 13.5 Å². The van der Waals surface area contributed by atoms with Crippen molar-refractivity contribution in [1.82, 2.24) is 10.2 Å². The summed E-state index contributed by atoms with van der Waals surface area (Å²) in [4.78, 5) is 14.3. The molecule has 0 fully saturated rings. The van der Waals surface area contributed by atoms with E-state index in [1.807, 2.05) is 62.6 Å². The molecule has 0 saturated heterocycles. The Hall–Kier alpha value is -2.04. The summed E-state index contributed by atoms with van der Waals surface area (Å²) < 4.78 is 5.12. The number of ether oxygens (including phenoxy) is 1. The number of halogens is 1. The zero-order valence-corrected chi connectivity index (χ0v) is 15.7. The second kappa shape index (κ2) is 9.44. The Morgan fingerprint density at radius 1 is 1.12 bits per heavy atom. The zero-order valence-electron chi connectivity index (χ0n) is 15.0. The van der Waals surface area contributed by atoms with Crippen LogP contribution in [0.4, 0.5) is 0 Å². The minimum absolute atomic E-state index is 0.0266. The molecule has 0 aliphatic heterocycles. The van der Waals surface area contributed by atoms with Gasteiger partial charge in [-0.1, -0.05) is 35.9 Å². The van der Waals surface area contributed by atoms with Crippen molar-refractivity contribution in [2.75, 3.05) is 27.7 Å². The van der Waals surface area contributed by atoms with Crippen molar-refractivity contribution in [3.63, 3.8) is 0 Å². The first-order chi connectivity index (χ1) is 12.0. The minimum Gasteiger partial charge on any atom is -0.497 e. The largest absolute Gasteiger partial charge is 0.497 e. The number of carbonyl (C=O) groups excluding carboxylic acids is 1. The van der Waals surface area contributed by atoms with Crippen molar-refractivity contribution in [2.45, 2.75) is 18.9 Å². The second-order valence-corrected chi connectivity index (χ2v) is 6.63. The van der Waals surface area contributed by atoms with Crippen LogP contribution in [0.15, 0.2) is 48.5 Å². The fourth-order valence-corrected chi connectivity index (χ4v) is 2.87. The van der Waals surface area contributed by atoms with E-state index >= 15 is 0 Å². The molecule has 1 N–H and O–H groups in total. The number of benzene rings is 2. The average molecular weight is 361 g/mol. The van der Waals surface area contributed by atoms with Crippen molar-refractivity contribution in [3.8, 4) is 5.75 Å². The Kier molecular flexibility index (Phi) is 7.29. The van der Waals surface area contributed by atoms with Crippen LogP contribution in [0, 0.1) is 0 Å². The third-order valence-electron chi connectivity index (χ3n) is 4.14. The first-order valence-corrected chi connectivity index (χ1v) is 8.69. The molecule has 1 unspecified atom stereocenters. The quantitative estimate of drug-likeness (QED) is 0.780. The van der Waals surface area contributed by atoms with E-state index in [-0.39, 0.29) is 11.9 Å². The molecule has 0 heterocycles. The molecule has 2 rings (SSSR count). The third-order valence-corrected chi connectivity index (χ3v) is 4.39. The van der Waals surface area contributed by atoms with Gasteiger partial charge in [0.15, 0.2) is 0 Å². The summed E-state index contributed by atoms with van der Waals surface area (Å²) in [6, 6.07) is 15.7. The van der Waals surface area contributed by atoms with Crippen LogP contribution in [0.3, 0.4) is 0 Å². The molecule has 2 aromatic rings. The number of nitrogens with one attached hydrogen (secondary N) is 1.